The molecule has 0 aromatic rings. The predicted molar refractivity (Wildman–Crippen MR) is 296 cm³/mol. The Kier molecular flexibility index (Phi) is 39.2. The lowest BCUT2D eigenvalue weighted by atomic mass is 9.96. The highest BCUT2D eigenvalue weighted by molar-refractivity contribution is 5.76. The van der Waals surface area contributed by atoms with E-state index in [1.807, 2.05) is 6.08 Å². The molecule has 19 heteroatoms. The number of amides is 1. The van der Waals surface area contributed by atoms with Crippen LogP contribution in [0.4, 0.5) is 0 Å². The van der Waals surface area contributed by atoms with Crippen molar-refractivity contribution < 1.29 is 89.4 Å². The third kappa shape index (κ3) is 26.8. The second-order valence-corrected chi connectivity index (χ2v) is 22.5. The second kappa shape index (κ2) is 43.2. The molecule has 19 nitrogen and oxygen atoms in total. The van der Waals surface area contributed by atoms with Gasteiger partial charge in [0, 0.05) is 6.42 Å². The van der Waals surface area contributed by atoms with Crippen molar-refractivity contribution in [2.75, 3.05) is 26.4 Å². The summed E-state index contributed by atoms with van der Waals surface area (Å²) in [6.45, 7) is 1.74. The summed E-state index contributed by atoms with van der Waals surface area (Å²) in [4.78, 5) is 13.3. The van der Waals surface area contributed by atoms with Crippen molar-refractivity contribution in [1.82, 2.24) is 5.32 Å². The number of hydrogen-bond donors (Lipinski definition) is 12. The molecule has 0 aliphatic carbocycles. The number of nitrogens with one attached hydrogen (secondary N) is 1. The van der Waals surface area contributed by atoms with Crippen molar-refractivity contribution in [3.63, 3.8) is 0 Å². The lowest BCUT2D eigenvalue weighted by Crippen LogP contribution is -2.66. The van der Waals surface area contributed by atoms with Crippen LogP contribution in [0.1, 0.15) is 226 Å². The minimum atomic E-state index is -1.97. The van der Waals surface area contributed by atoms with Gasteiger partial charge in [0.25, 0.3) is 0 Å². The number of aliphatic hydroxyl groups is 11. The van der Waals surface area contributed by atoms with E-state index in [0.29, 0.717) is 6.42 Å². The molecule has 0 aromatic carbocycles. The number of allylic oxidation sites excluding steroid dienone is 1. The summed E-state index contributed by atoms with van der Waals surface area (Å²) in [6, 6.07) is -0.966. The lowest BCUT2D eigenvalue weighted by Gasteiger charge is -2.48. The third-order valence-corrected chi connectivity index (χ3v) is 15.8. The Labute approximate surface area is 467 Å². The molecule has 0 saturated carbocycles. The zero-order valence-electron chi connectivity index (χ0n) is 47.9. The van der Waals surface area contributed by atoms with Gasteiger partial charge in [-0.3, -0.25) is 4.79 Å². The maximum Gasteiger partial charge on any atom is 0.220 e. The van der Waals surface area contributed by atoms with Crippen molar-refractivity contribution in [3.8, 4) is 0 Å². The molecule has 0 bridgehead atoms. The summed E-state index contributed by atoms with van der Waals surface area (Å²) in [5.74, 6) is -0.273. The smallest absolute Gasteiger partial charge is 0.220 e. The third-order valence-electron chi connectivity index (χ3n) is 15.8. The van der Waals surface area contributed by atoms with Gasteiger partial charge in [0.15, 0.2) is 18.9 Å². The van der Waals surface area contributed by atoms with E-state index >= 15 is 0 Å². The van der Waals surface area contributed by atoms with Crippen LogP contribution in [0.2, 0.25) is 0 Å². The minimum Gasteiger partial charge on any atom is -0.394 e. The van der Waals surface area contributed by atoms with Crippen molar-refractivity contribution in [3.05, 3.63) is 12.2 Å². The molecular formula is C59H111NO18. The fraction of sp³-hybridized carbons (Fsp3) is 0.949. The molecule has 3 aliphatic heterocycles. The molecule has 12 N–H and O–H groups in total. The Morgan fingerprint density at radius 1 is 0.449 bits per heavy atom. The zero-order valence-corrected chi connectivity index (χ0v) is 47.9. The van der Waals surface area contributed by atoms with Gasteiger partial charge < -0.3 is 89.9 Å². The Morgan fingerprint density at radius 3 is 1.21 bits per heavy atom. The van der Waals surface area contributed by atoms with Crippen LogP contribution in [-0.4, -0.2) is 193 Å². The summed E-state index contributed by atoms with van der Waals surface area (Å²) in [7, 11) is 0. The quantitative estimate of drug-likeness (QED) is 0.0254. The van der Waals surface area contributed by atoms with Crippen molar-refractivity contribution in [2.24, 2.45) is 0 Å². The molecule has 17 atom stereocenters. The van der Waals surface area contributed by atoms with Crippen LogP contribution < -0.4 is 5.32 Å². The first-order chi connectivity index (χ1) is 37.8. The van der Waals surface area contributed by atoms with E-state index < -0.39 is 124 Å². The summed E-state index contributed by atoms with van der Waals surface area (Å²) in [5.41, 5.74) is 0. The van der Waals surface area contributed by atoms with Gasteiger partial charge in [0.1, 0.15) is 73.2 Å². The van der Waals surface area contributed by atoms with E-state index in [-0.39, 0.29) is 18.9 Å². The Hall–Kier alpha value is -1.47. The molecule has 3 rings (SSSR count). The highest BCUT2D eigenvalue weighted by atomic mass is 16.8. The van der Waals surface area contributed by atoms with Gasteiger partial charge >= 0.3 is 0 Å². The predicted octanol–water partition coefficient (Wildman–Crippen LogP) is 5.77. The van der Waals surface area contributed by atoms with Gasteiger partial charge in [-0.15, -0.1) is 0 Å². The van der Waals surface area contributed by atoms with E-state index in [2.05, 4.69) is 19.2 Å². The molecule has 1 amide bonds. The number of carbonyl (C=O) groups is 1. The van der Waals surface area contributed by atoms with Crippen LogP contribution in [0.3, 0.4) is 0 Å². The maximum absolute atomic E-state index is 13.3. The fourth-order valence-electron chi connectivity index (χ4n) is 10.7. The normalized spacial score (nSPS) is 30.5. The number of ether oxygens (including phenoxy) is 6. The van der Waals surface area contributed by atoms with Gasteiger partial charge in [0.05, 0.1) is 38.6 Å². The highest BCUT2D eigenvalue weighted by Gasteiger charge is 2.53. The monoisotopic (exact) mass is 1120 g/mol. The Morgan fingerprint density at radius 2 is 0.795 bits per heavy atom. The van der Waals surface area contributed by atoms with E-state index in [0.717, 1.165) is 44.9 Å². The second-order valence-electron chi connectivity index (χ2n) is 22.5. The summed E-state index contributed by atoms with van der Waals surface area (Å²) in [6.07, 6.45) is 16.1. The van der Waals surface area contributed by atoms with Gasteiger partial charge in [-0.25, -0.2) is 0 Å². The first-order valence-electron chi connectivity index (χ1n) is 30.9. The van der Waals surface area contributed by atoms with Crippen LogP contribution in [0.15, 0.2) is 12.2 Å². The van der Waals surface area contributed by atoms with E-state index in [9.17, 15) is 61.0 Å². The highest BCUT2D eigenvalue weighted by Crippen LogP contribution is 2.33. The van der Waals surface area contributed by atoms with Gasteiger partial charge in [-0.2, -0.15) is 0 Å². The van der Waals surface area contributed by atoms with Gasteiger partial charge in [-0.05, 0) is 19.3 Å². The molecule has 0 aromatic heterocycles. The van der Waals surface area contributed by atoms with Crippen LogP contribution >= 0.6 is 0 Å². The molecular weight excluding hydrogens is 1010 g/mol. The van der Waals surface area contributed by atoms with Gasteiger partial charge in [0.2, 0.25) is 5.91 Å². The topological polar surface area (TPSA) is 307 Å². The van der Waals surface area contributed by atoms with Gasteiger partial charge in [-0.1, -0.05) is 212 Å². The van der Waals surface area contributed by atoms with Crippen LogP contribution in [0.5, 0.6) is 0 Å². The van der Waals surface area contributed by atoms with E-state index in [4.69, 9.17) is 28.4 Å². The fourth-order valence-corrected chi connectivity index (χ4v) is 10.7. The molecule has 17 unspecified atom stereocenters. The first kappa shape index (κ1) is 70.8. The number of hydrogen-bond acceptors (Lipinski definition) is 18. The molecule has 460 valence electrons. The maximum atomic E-state index is 13.3. The summed E-state index contributed by atoms with van der Waals surface area (Å²) in [5, 5.41) is 120. The molecule has 0 spiro atoms. The largest absolute Gasteiger partial charge is 0.394 e. The minimum absolute atomic E-state index is 0.249. The number of aliphatic hydroxyl groups excluding tert-OH is 11. The van der Waals surface area contributed by atoms with Crippen LogP contribution in [-0.2, 0) is 33.2 Å². The number of carbonyl (C=O) groups excluding carboxylic acids is 1. The SMILES string of the molecule is CCCCCCCCCCCCCCCCCC/C=C/C(O)C(COC1OC(CO)C(OC2OC(CO)C(OC3OC(CO)C(O)C(O)C3O)C(O)C2O)C(O)C1O)NC(=O)CCCCCCCCCCCCCCCCC. The van der Waals surface area contributed by atoms with Crippen LogP contribution in [0.25, 0.3) is 0 Å². The summed E-state index contributed by atoms with van der Waals surface area (Å²) >= 11 is 0. The molecule has 78 heavy (non-hydrogen) atoms. The number of rotatable bonds is 46. The standard InChI is InChI=1S/C59H111NO18/c1-3-5-7-9-11-13-15-17-19-20-21-23-24-26-28-30-32-34-36-43(64)42(60-47(65)37-35-33-31-29-27-25-22-18-16-14-12-10-8-6-4-2)41-73-57-53(71)50(68)55(45(39-62)75-57)78-59-54(72)51(69)56(46(40-63)76-59)77-58-52(70)49(67)48(66)44(38-61)74-58/h34,36,42-46,48-59,61-64,66-72H,3-33,35,37-41H2,1-2H3,(H,60,65)/b36-34+. The molecule has 3 saturated heterocycles. The number of unbranched alkanes of at least 4 members (excludes halogenated alkanes) is 30. The first-order valence-corrected chi connectivity index (χ1v) is 30.9. The average Bonchev–Trinajstić information content (AvgIpc) is 3.47. The molecule has 0 radical (unpaired) electrons. The lowest BCUT2D eigenvalue weighted by molar-refractivity contribution is -0.379. The molecule has 3 heterocycles. The van der Waals surface area contributed by atoms with Crippen LogP contribution in [0, 0.1) is 0 Å². The Balaban J connectivity index is 1.50. The average molecular weight is 1120 g/mol. The van der Waals surface area contributed by atoms with Crippen molar-refractivity contribution >= 4 is 5.91 Å². The van der Waals surface area contributed by atoms with E-state index in [1.54, 1.807) is 6.08 Å². The van der Waals surface area contributed by atoms with E-state index in [1.165, 1.54) is 154 Å². The van der Waals surface area contributed by atoms with Crippen molar-refractivity contribution in [2.45, 2.75) is 330 Å². The molecule has 3 fully saturated rings. The zero-order chi connectivity index (χ0) is 56.9. The van der Waals surface area contributed by atoms with Crippen molar-refractivity contribution in [1.29, 1.82) is 0 Å². The Bertz CT molecular complexity index is 1480. The summed E-state index contributed by atoms with van der Waals surface area (Å²) < 4.78 is 34.3. The molecule has 3 aliphatic rings.